The Labute approximate surface area is 119 Å². The van der Waals surface area contributed by atoms with Crippen LogP contribution >= 0.6 is 15.9 Å². The first kappa shape index (κ1) is 15.7. The van der Waals surface area contributed by atoms with Crippen molar-refractivity contribution in [2.45, 2.75) is 54.0 Å². The van der Waals surface area contributed by atoms with Crippen molar-refractivity contribution in [3.05, 3.63) is 15.9 Å². The molecular weight excluding hydrogens is 290 g/mol. The van der Waals surface area contributed by atoms with Gasteiger partial charge in [-0.25, -0.2) is 0 Å². The second-order valence-electron chi connectivity index (χ2n) is 5.88. The number of halogens is 1. The van der Waals surface area contributed by atoms with Crippen LogP contribution in [0.1, 0.15) is 46.0 Å². The van der Waals surface area contributed by atoms with E-state index in [2.05, 4.69) is 60.3 Å². The highest BCUT2D eigenvalue weighted by molar-refractivity contribution is 9.10. The Morgan fingerprint density at radius 3 is 2.33 bits per heavy atom. The van der Waals surface area contributed by atoms with Crippen LogP contribution in [0.5, 0.6) is 0 Å². The third-order valence-electron chi connectivity index (χ3n) is 3.64. The van der Waals surface area contributed by atoms with Crippen LogP contribution in [0.2, 0.25) is 0 Å². The fourth-order valence-corrected chi connectivity index (χ4v) is 2.91. The zero-order valence-corrected chi connectivity index (χ0v) is 13.8. The minimum absolute atomic E-state index is 0.226. The molecule has 104 valence electrons. The summed E-state index contributed by atoms with van der Waals surface area (Å²) in [5.41, 5.74) is 8.61. The van der Waals surface area contributed by atoms with E-state index in [-0.39, 0.29) is 5.41 Å². The fraction of sp³-hybridized carbons (Fsp3) is 0.786. The molecule has 1 aromatic heterocycles. The van der Waals surface area contributed by atoms with Crippen molar-refractivity contribution in [1.82, 2.24) is 9.78 Å². The molecule has 18 heavy (non-hydrogen) atoms. The zero-order valence-electron chi connectivity index (χ0n) is 12.3. The first-order valence-electron chi connectivity index (χ1n) is 6.79. The minimum Gasteiger partial charge on any atom is -0.330 e. The molecule has 1 unspecified atom stereocenters. The second-order valence-corrected chi connectivity index (χ2v) is 6.67. The third kappa shape index (κ3) is 3.35. The van der Waals surface area contributed by atoms with E-state index in [1.165, 1.54) is 10.2 Å². The van der Waals surface area contributed by atoms with E-state index in [0.717, 1.165) is 25.1 Å². The second kappa shape index (κ2) is 6.20. The van der Waals surface area contributed by atoms with Crippen molar-refractivity contribution in [3.63, 3.8) is 0 Å². The first-order chi connectivity index (χ1) is 8.35. The molecule has 1 rings (SSSR count). The van der Waals surface area contributed by atoms with Gasteiger partial charge in [0, 0.05) is 6.54 Å². The summed E-state index contributed by atoms with van der Waals surface area (Å²) >= 11 is 3.70. The van der Waals surface area contributed by atoms with Crippen molar-refractivity contribution < 1.29 is 0 Å². The Kier molecular flexibility index (Phi) is 5.41. The van der Waals surface area contributed by atoms with Crippen molar-refractivity contribution in [1.29, 1.82) is 0 Å². The maximum absolute atomic E-state index is 5.94. The lowest BCUT2D eigenvalue weighted by atomic mass is 9.78. The molecule has 0 saturated heterocycles. The van der Waals surface area contributed by atoms with E-state index >= 15 is 0 Å². The molecule has 0 aliphatic heterocycles. The third-order valence-corrected chi connectivity index (χ3v) is 4.56. The molecule has 1 atom stereocenters. The SMILES string of the molecule is CCc1nn(CC)c(CC(CN)C(C)(C)C)c1Br. The van der Waals surface area contributed by atoms with Crippen LogP contribution in [-0.4, -0.2) is 16.3 Å². The maximum Gasteiger partial charge on any atom is 0.0766 e. The summed E-state index contributed by atoms with van der Waals surface area (Å²) in [6.07, 6.45) is 1.95. The molecule has 0 aliphatic carbocycles. The quantitative estimate of drug-likeness (QED) is 0.905. The first-order valence-corrected chi connectivity index (χ1v) is 7.58. The van der Waals surface area contributed by atoms with Crippen LogP contribution in [0.25, 0.3) is 0 Å². The molecule has 1 aromatic rings. The molecule has 0 radical (unpaired) electrons. The van der Waals surface area contributed by atoms with Gasteiger partial charge in [-0.1, -0.05) is 27.7 Å². The average Bonchev–Trinajstić information content (AvgIpc) is 2.60. The van der Waals surface area contributed by atoms with Crippen molar-refractivity contribution in [3.8, 4) is 0 Å². The van der Waals surface area contributed by atoms with E-state index in [1.54, 1.807) is 0 Å². The highest BCUT2D eigenvalue weighted by Gasteiger charge is 2.26. The number of hydrogen-bond donors (Lipinski definition) is 1. The number of rotatable bonds is 5. The fourth-order valence-electron chi connectivity index (χ4n) is 2.19. The summed E-state index contributed by atoms with van der Waals surface area (Å²) < 4.78 is 3.28. The maximum atomic E-state index is 5.94. The monoisotopic (exact) mass is 315 g/mol. The number of nitrogens with zero attached hydrogens (tertiary/aromatic N) is 2. The number of aryl methyl sites for hydroxylation is 2. The predicted molar refractivity (Wildman–Crippen MR) is 80.7 cm³/mol. The molecule has 0 amide bonds. The van der Waals surface area contributed by atoms with Crippen LogP contribution in [0.3, 0.4) is 0 Å². The molecule has 0 aromatic carbocycles. The highest BCUT2D eigenvalue weighted by atomic mass is 79.9. The number of hydrogen-bond acceptors (Lipinski definition) is 2. The van der Waals surface area contributed by atoms with Gasteiger partial charge in [-0.3, -0.25) is 4.68 Å². The Morgan fingerprint density at radius 1 is 1.33 bits per heavy atom. The van der Waals surface area contributed by atoms with E-state index in [0.29, 0.717) is 12.5 Å². The lowest BCUT2D eigenvalue weighted by Crippen LogP contribution is -2.30. The predicted octanol–water partition coefficient (Wildman–Crippen LogP) is 3.39. The number of nitrogens with two attached hydrogens (primary N) is 1. The van der Waals surface area contributed by atoms with Crippen LogP contribution in [0.4, 0.5) is 0 Å². The van der Waals surface area contributed by atoms with E-state index in [1.807, 2.05) is 0 Å². The summed E-state index contributed by atoms with van der Waals surface area (Å²) in [5, 5.41) is 4.65. The van der Waals surface area contributed by atoms with Gasteiger partial charge in [0.25, 0.3) is 0 Å². The zero-order chi connectivity index (χ0) is 13.9. The van der Waals surface area contributed by atoms with Gasteiger partial charge in [-0.2, -0.15) is 5.10 Å². The van der Waals surface area contributed by atoms with Crippen LogP contribution in [0.15, 0.2) is 4.47 Å². The molecule has 2 N–H and O–H groups in total. The van der Waals surface area contributed by atoms with E-state index in [4.69, 9.17) is 5.73 Å². The minimum atomic E-state index is 0.226. The van der Waals surface area contributed by atoms with Crippen LogP contribution in [-0.2, 0) is 19.4 Å². The lowest BCUT2D eigenvalue weighted by Gasteiger charge is -2.29. The molecular formula is C14H26BrN3. The Bertz CT molecular complexity index is 390. The molecule has 0 aliphatic rings. The van der Waals surface area contributed by atoms with Crippen molar-refractivity contribution in [2.75, 3.05) is 6.54 Å². The van der Waals surface area contributed by atoms with Gasteiger partial charge in [0.15, 0.2) is 0 Å². The Balaban J connectivity index is 3.05. The lowest BCUT2D eigenvalue weighted by molar-refractivity contribution is 0.241. The Morgan fingerprint density at radius 2 is 1.94 bits per heavy atom. The van der Waals surface area contributed by atoms with Crippen molar-refractivity contribution in [2.24, 2.45) is 17.1 Å². The summed E-state index contributed by atoms with van der Waals surface area (Å²) in [7, 11) is 0. The summed E-state index contributed by atoms with van der Waals surface area (Å²) in [6.45, 7) is 12.7. The molecule has 4 heteroatoms. The van der Waals surface area contributed by atoms with E-state index < -0.39 is 0 Å². The molecule has 0 saturated carbocycles. The van der Waals surface area contributed by atoms with Gasteiger partial charge in [0.05, 0.1) is 15.9 Å². The molecule has 0 fully saturated rings. The molecule has 0 bridgehead atoms. The summed E-state index contributed by atoms with van der Waals surface area (Å²) in [5.74, 6) is 0.473. The molecule has 0 spiro atoms. The van der Waals surface area contributed by atoms with Crippen LogP contribution in [0, 0.1) is 11.3 Å². The van der Waals surface area contributed by atoms with Gasteiger partial charge in [0.2, 0.25) is 0 Å². The molecule has 1 heterocycles. The van der Waals surface area contributed by atoms with Gasteiger partial charge in [-0.05, 0) is 53.6 Å². The van der Waals surface area contributed by atoms with Gasteiger partial charge in [-0.15, -0.1) is 0 Å². The van der Waals surface area contributed by atoms with Gasteiger partial charge in [0.1, 0.15) is 0 Å². The van der Waals surface area contributed by atoms with Crippen molar-refractivity contribution >= 4 is 15.9 Å². The van der Waals surface area contributed by atoms with E-state index in [9.17, 15) is 0 Å². The summed E-state index contributed by atoms with van der Waals surface area (Å²) in [6, 6.07) is 0. The summed E-state index contributed by atoms with van der Waals surface area (Å²) in [4.78, 5) is 0. The molecule has 3 nitrogen and oxygen atoms in total. The van der Waals surface area contributed by atoms with Gasteiger partial charge < -0.3 is 5.73 Å². The average molecular weight is 316 g/mol. The normalized spacial score (nSPS) is 13.9. The number of aromatic nitrogens is 2. The smallest absolute Gasteiger partial charge is 0.0766 e. The standard InChI is InChI=1S/C14H26BrN3/c1-6-11-13(15)12(18(7-2)17-11)8-10(9-16)14(3,4)5/h10H,6-9,16H2,1-5H3. The Hall–Kier alpha value is -0.350. The van der Waals surface area contributed by atoms with Gasteiger partial charge >= 0.3 is 0 Å². The van der Waals surface area contributed by atoms with Crippen LogP contribution < -0.4 is 5.73 Å². The highest BCUT2D eigenvalue weighted by Crippen LogP contribution is 2.32. The largest absolute Gasteiger partial charge is 0.330 e. The topological polar surface area (TPSA) is 43.8 Å².